The molecule has 1 aliphatic heterocycles. The first-order chi connectivity index (χ1) is 6.81. The first kappa shape index (κ1) is 10.4. The number of hydrogen-bond acceptors (Lipinski definition) is 2. The molecule has 0 aromatic carbocycles. The Labute approximate surface area is 85.9 Å². The van der Waals surface area contributed by atoms with Crippen molar-refractivity contribution in [3.05, 3.63) is 0 Å². The summed E-state index contributed by atoms with van der Waals surface area (Å²) in [5.41, 5.74) is 0. The standard InChI is InChI=1S/C11H21FN2/c1-9-4-6-13-11(10-2-3-10)8-14(9)7-5-12/h9-11,13H,2-8H2,1H3. The summed E-state index contributed by atoms with van der Waals surface area (Å²) in [7, 11) is 0. The molecule has 2 aliphatic rings. The van der Waals surface area contributed by atoms with Gasteiger partial charge in [0.05, 0.1) is 0 Å². The fourth-order valence-electron chi connectivity index (χ4n) is 2.39. The maximum atomic E-state index is 12.4. The largest absolute Gasteiger partial charge is 0.312 e. The van der Waals surface area contributed by atoms with Gasteiger partial charge < -0.3 is 5.32 Å². The highest BCUT2D eigenvalue weighted by molar-refractivity contribution is 4.91. The summed E-state index contributed by atoms with van der Waals surface area (Å²) in [6, 6.07) is 1.17. The molecule has 3 heteroatoms. The molecule has 14 heavy (non-hydrogen) atoms. The molecule has 1 saturated carbocycles. The lowest BCUT2D eigenvalue weighted by atomic mass is 10.1. The molecule has 0 radical (unpaired) electrons. The molecule has 2 atom stereocenters. The Kier molecular flexibility index (Phi) is 3.39. The molecule has 0 bridgehead atoms. The van der Waals surface area contributed by atoms with Crippen molar-refractivity contribution in [2.24, 2.45) is 5.92 Å². The van der Waals surface area contributed by atoms with Crippen LogP contribution in [0.15, 0.2) is 0 Å². The number of alkyl halides is 1. The second kappa shape index (κ2) is 4.58. The van der Waals surface area contributed by atoms with Crippen LogP contribution in [0.2, 0.25) is 0 Å². The van der Waals surface area contributed by atoms with E-state index in [1.54, 1.807) is 0 Å². The molecule has 0 aromatic rings. The second-order valence-corrected chi connectivity index (χ2v) is 4.72. The normalized spacial score (nSPS) is 35.6. The Hall–Kier alpha value is -0.150. The second-order valence-electron chi connectivity index (χ2n) is 4.72. The van der Waals surface area contributed by atoms with Crippen LogP contribution < -0.4 is 5.32 Å². The molecule has 2 fully saturated rings. The van der Waals surface area contributed by atoms with Crippen molar-refractivity contribution in [2.75, 3.05) is 26.3 Å². The van der Waals surface area contributed by atoms with Crippen LogP contribution in [0.3, 0.4) is 0 Å². The SMILES string of the molecule is CC1CCNC(C2CC2)CN1CCF. The maximum Gasteiger partial charge on any atom is 0.102 e. The highest BCUT2D eigenvalue weighted by atomic mass is 19.1. The van der Waals surface area contributed by atoms with Gasteiger partial charge in [0.15, 0.2) is 0 Å². The van der Waals surface area contributed by atoms with Crippen LogP contribution >= 0.6 is 0 Å². The molecular formula is C11H21FN2. The fraction of sp³-hybridized carbons (Fsp3) is 1.00. The minimum Gasteiger partial charge on any atom is -0.312 e. The van der Waals surface area contributed by atoms with Gasteiger partial charge in [-0.05, 0) is 38.6 Å². The number of nitrogens with one attached hydrogen (secondary N) is 1. The van der Waals surface area contributed by atoms with E-state index >= 15 is 0 Å². The Balaban J connectivity index is 1.90. The van der Waals surface area contributed by atoms with Crippen LogP contribution in [-0.4, -0.2) is 43.3 Å². The van der Waals surface area contributed by atoms with Crippen molar-refractivity contribution in [2.45, 2.75) is 38.3 Å². The summed E-state index contributed by atoms with van der Waals surface area (Å²) in [5.74, 6) is 0.877. The summed E-state index contributed by atoms with van der Waals surface area (Å²) in [6.07, 6.45) is 3.90. The van der Waals surface area contributed by atoms with E-state index in [2.05, 4.69) is 17.1 Å². The molecule has 1 aliphatic carbocycles. The smallest absolute Gasteiger partial charge is 0.102 e. The van der Waals surface area contributed by atoms with E-state index in [4.69, 9.17) is 0 Å². The quantitative estimate of drug-likeness (QED) is 0.741. The molecule has 2 unspecified atom stereocenters. The van der Waals surface area contributed by atoms with Crippen LogP contribution in [0.1, 0.15) is 26.2 Å². The maximum absolute atomic E-state index is 12.4. The summed E-state index contributed by atoms with van der Waals surface area (Å²) < 4.78 is 12.4. The molecule has 2 rings (SSSR count). The van der Waals surface area contributed by atoms with Gasteiger partial charge >= 0.3 is 0 Å². The van der Waals surface area contributed by atoms with E-state index in [1.807, 2.05) is 0 Å². The predicted octanol–water partition coefficient (Wildman–Crippen LogP) is 1.42. The van der Waals surface area contributed by atoms with Gasteiger partial charge in [-0.15, -0.1) is 0 Å². The summed E-state index contributed by atoms with van der Waals surface area (Å²) in [4.78, 5) is 2.31. The number of hydrogen-bond donors (Lipinski definition) is 1. The van der Waals surface area contributed by atoms with Crippen LogP contribution in [0.4, 0.5) is 4.39 Å². The average Bonchev–Trinajstić information content (AvgIpc) is 2.95. The third kappa shape index (κ3) is 2.45. The average molecular weight is 200 g/mol. The molecule has 2 nitrogen and oxygen atoms in total. The van der Waals surface area contributed by atoms with Gasteiger partial charge in [-0.25, -0.2) is 4.39 Å². The van der Waals surface area contributed by atoms with Crippen LogP contribution in [0.5, 0.6) is 0 Å². The lowest BCUT2D eigenvalue weighted by molar-refractivity contribution is 0.184. The van der Waals surface area contributed by atoms with E-state index in [0.29, 0.717) is 18.6 Å². The fourth-order valence-corrected chi connectivity index (χ4v) is 2.39. The van der Waals surface area contributed by atoms with E-state index in [1.165, 1.54) is 12.8 Å². The predicted molar refractivity (Wildman–Crippen MR) is 56.1 cm³/mol. The van der Waals surface area contributed by atoms with Gasteiger partial charge in [0.25, 0.3) is 0 Å². The van der Waals surface area contributed by atoms with Crippen molar-refractivity contribution < 1.29 is 4.39 Å². The van der Waals surface area contributed by atoms with E-state index < -0.39 is 0 Å². The first-order valence-corrected chi connectivity index (χ1v) is 5.84. The Bertz CT molecular complexity index is 182. The number of nitrogens with zero attached hydrogens (tertiary/aromatic N) is 1. The van der Waals surface area contributed by atoms with Crippen LogP contribution in [-0.2, 0) is 0 Å². The molecule has 82 valence electrons. The third-order valence-corrected chi connectivity index (χ3v) is 3.59. The van der Waals surface area contributed by atoms with Gasteiger partial charge in [-0.1, -0.05) is 0 Å². The topological polar surface area (TPSA) is 15.3 Å². The van der Waals surface area contributed by atoms with Gasteiger partial charge in [0.2, 0.25) is 0 Å². The Morgan fingerprint density at radius 2 is 2.14 bits per heavy atom. The lowest BCUT2D eigenvalue weighted by Crippen LogP contribution is -2.42. The number of halogens is 1. The Morgan fingerprint density at radius 1 is 1.36 bits per heavy atom. The van der Waals surface area contributed by atoms with Crippen LogP contribution in [0, 0.1) is 5.92 Å². The molecule has 1 N–H and O–H groups in total. The zero-order valence-electron chi connectivity index (χ0n) is 9.01. The zero-order valence-corrected chi connectivity index (χ0v) is 9.01. The van der Waals surface area contributed by atoms with Crippen molar-refractivity contribution in [1.29, 1.82) is 0 Å². The van der Waals surface area contributed by atoms with Gasteiger partial charge in [0.1, 0.15) is 6.67 Å². The van der Waals surface area contributed by atoms with Gasteiger partial charge in [0, 0.05) is 25.2 Å². The minimum absolute atomic E-state index is 0.207. The van der Waals surface area contributed by atoms with Crippen molar-refractivity contribution in [3.63, 3.8) is 0 Å². The molecule has 0 amide bonds. The first-order valence-electron chi connectivity index (χ1n) is 5.84. The summed E-state index contributed by atoms with van der Waals surface area (Å²) >= 11 is 0. The molecule has 1 heterocycles. The van der Waals surface area contributed by atoms with E-state index in [9.17, 15) is 4.39 Å². The molecule has 0 aromatic heterocycles. The molecular weight excluding hydrogens is 179 g/mol. The number of rotatable bonds is 3. The van der Waals surface area contributed by atoms with Crippen molar-refractivity contribution in [3.8, 4) is 0 Å². The molecule has 1 saturated heterocycles. The Morgan fingerprint density at radius 3 is 2.79 bits per heavy atom. The highest BCUT2D eigenvalue weighted by Gasteiger charge is 2.34. The summed E-state index contributed by atoms with van der Waals surface area (Å²) in [5, 5.41) is 3.60. The molecule has 0 spiro atoms. The van der Waals surface area contributed by atoms with E-state index in [-0.39, 0.29) is 6.67 Å². The lowest BCUT2D eigenvalue weighted by Gasteiger charge is -2.27. The van der Waals surface area contributed by atoms with Gasteiger partial charge in [-0.2, -0.15) is 0 Å². The highest BCUT2D eigenvalue weighted by Crippen LogP contribution is 2.33. The third-order valence-electron chi connectivity index (χ3n) is 3.59. The van der Waals surface area contributed by atoms with Crippen molar-refractivity contribution in [1.82, 2.24) is 10.2 Å². The van der Waals surface area contributed by atoms with Gasteiger partial charge in [-0.3, -0.25) is 4.90 Å². The monoisotopic (exact) mass is 200 g/mol. The van der Waals surface area contributed by atoms with Crippen molar-refractivity contribution >= 4 is 0 Å². The van der Waals surface area contributed by atoms with E-state index in [0.717, 1.165) is 25.4 Å². The van der Waals surface area contributed by atoms with Crippen LogP contribution in [0.25, 0.3) is 0 Å². The minimum atomic E-state index is -0.207. The summed E-state index contributed by atoms with van der Waals surface area (Å²) in [6.45, 7) is 4.78. The zero-order chi connectivity index (χ0) is 9.97.